The minimum absolute atomic E-state index is 0.0626. The Kier molecular flexibility index (Phi) is 4.59. The van der Waals surface area contributed by atoms with Gasteiger partial charge >= 0.3 is 5.97 Å². The highest BCUT2D eigenvalue weighted by Gasteiger charge is 2.07. The van der Waals surface area contributed by atoms with Crippen molar-refractivity contribution in [2.45, 2.75) is 20.3 Å². The predicted molar refractivity (Wildman–Crippen MR) is 66.6 cm³/mol. The number of carboxylic acid groups (broad SMARTS) is 1. The molecule has 1 aromatic carbocycles. The molecule has 0 atom stereocenters. The first-order valence-electron chi connectivity index (χ1n) is 5.45. The van der Waals surface area contributed by atoms with Gasteiger partial charge in [0.25, 0.3) is 0 Å². The number of amides is 1. The minimum atomic E-state index is -1.09. The first-order chi connectivity index (χ1) is 8.43. The number of carbonyl (C=O) groups excluding carboxylic acids is 1. The van der Waals surface area contributed by atoms with Gasteiger partial charge in [-0.2, -0.15) is 0 Å². The number of carbonyl (C=O) groups is 2. The molecule has 0 radical (unpaired) electrons. The fourth-order valence-electron chi connectivity index (χ4n) is 1.30. The predicted octanol–water partition coefficient (Wildman–Crippen LogP) is 2.66. The van der Waals surface area contributed by atoms with Gasteiger partial charge in [0.05, 0.1) is 0 Å². The Morgan fingerprint density at radius 2 is 2.11 bits per heavy atom. The molecule has 0 aliphatic heterocycles. The average molecular weight is 251 g/mol. The lowest BCUT2D eigenvalue weighted by Crippen LogP contribution is -2.10. The molecule has 18 heavy (non-hydrogen) atoms. The zero-order valence-corrected chi connectivity index (χ0v) is 10.2. The van der Waals surface area contributed by atoms with E-state index in [0.29, 0.717) is 17.7 Å². The fraction of sp³-hybridized carbons (Fsp3) is 0.231. The van der Waals surface area contributed by atoms with Crippen LogP contribution in [-0.2, 0) is 9.59 Å². The van der Waals surface area contributed by atoms with Crippen molar-refractivity contribution >= 4 is 23.6 Å². The molecule has 4 nitrogen and oxygen atoms in total. The molecular weight excluding hydrogens is 237 g/mol. The van der Waals surface area contributed by atoms with Crippen molar-refractivity contribution in [3.05, 3.63) is 35.2 Å². The average Bonchev–Trinajstić information content (AvgIpc) is 2.32. The van der Waals surface area contributed by atoms with Crippen LogP contribution in [0.4, 0.5) is 10.1 Å². The van der Waals surface area contributed by atoms with Gasteiger partial charge < -0.3 is 10.4 Å². The van der Waals surface area contributed by atoms with Crippen LogP contribution in [0.1, 0.15) is 25.8 Å². The van der Waals surface area contributed by atoms with Crippen molar-refractivity contribution in [1.82, 2.24) is 0 Å². The third-order valence-corrected chi connectivity index (χ3v) is 2.32. The van der Waals surface area contributed by atoms with Gasteiger partial charge in [0.1, 0.15) is 5.82 Å². The second kappa shape index (κ2) is 5.95. The summed E-state index contributed by atoms with van der Waals surface area (Å²) in [7, 11) is 0. The Morgan fingerprint density at radius 1 is 1.44 bits per heavy atom. The van der Waals surface area contributed by atoms with Gasteiger partial charge in [0, 0.05) is 23.2 Å². The van der Waals surface area contributed by atoms with E-state index in [2.05, 4.69) is 5.32 Å². The van der Waals surface area contributed by atoms with Crippen LogP contribution < -0.4 is 5.32 Å². The topological polar surface area (TPSA) is 66.4 Å². The van der Waals surface area contributed by atoms with E-state index >= 15 is 0 Å². The Hall–Kier alpha value is -2.17. The smallest absolute Gasteiger partial charge is 0.331 e. The Bertz CT molecular complexity index is 509. The molecule has 1 rings (SSSR count). The maximum atomic E-state index is 13.1. The quantitative estimate of drug-likeness (QED) is 0.808. The van der Waals surface area contributed by atoms with E-state index in [1.54, 1.807) is 6.92 Å². The van der Waals surface area contributed by atoms with E-state index in [1.807, 2.05) is 0 Å². The molecule has 1 aromatic rings. The molecule has 0 fully saturated rings. The van der Waals surface area contributed by atoms with Crippen LogP contribution in [0.25, 0.3) is 6.08 Å². The van der Waals surface area contributed by atoms with Gasteiger partial charge in [0.15, 0.2) is 0 Å². The lowest BCUT2D eigenvalue weighted by Gasteiger charge is -2.08. The monoisotopic (exact) mass is 251 g/mol. The first-order valence-corrected chi connectivity index (χ1v) is 5.45. The molecule has 0 aromatic heterocycles. The van der Waals surface area contributed by atoms with E-state index < -0.39 is 11.8 Å². The van der Waals surface area contributed by atoms with Crippen LogP contribution in [-0.4, -0.2) is 17.0 Å². The van der Waals surface area contributed by atoms with Crippen LogP contribution >= 0.6 is 0 Å². The second-order valence-corrected chi connectivity index (χ2v) is 3.77. The summed E-state index contributed by atoms with van der Waals surface area (Å²) < 4.78 is 13.1. The standard InChI is InChI=1S/C13H14FNO3/c1-3-12(16)15-11-5-4-10(14)7-9(11)6-8(2)13(17)18/h4-7H,3H2,1-2H3,(H,15,16)(H,17,18). The van der Waals surface area contributed by atoms with E-state index in [9.17, 15) is 14.0 Å². The van der Waals surface area contributed by atoms with Crippen molar-refractivity contribution in [2.75, 3.05) is 5.32 Å². The molecule has 0 heterocycles. The lowest BCUT2D eigenvalue weighted by atomic mass is 10.1. The van der Waals surface area contributed by atoms with Crippen molar-refractivity contribution in [3.8, 4) is 0 Å². The van der Waals surface area contributed by atoms with E-state index in [1.165, 1.54) is 31.2 Å². The number of carboxylic acids is 1. The fourth-order valence-corrected chi connectivity index (χ4v) is 1.30. The van der Waals surface area contributed by atoms with Crippen molar-refractivity contribution in [3.63, 3.8) is 0 Å². The molecule has 0 spiro atoms. The maximum Gasteiger partial charge on any atom is 0.331 e. The Morgan fingerprint density at radius 3 is 2.67 bits per heavy atom. The number of nitrogens with one attached hydrogen (secondary N) is 1. The molecule has 5 heteroatoms. The third kappa shape index (κ3) is 3.69. The summed E-state index contributed by atoms with van der Waals surface area (Å²) in [6.45, 7) is 3.09. The molecule has 0 aliphatic carbocycles. The van der Waals surface area contributed by atoms with Gasteiger partial charge in [-0.05, 0) is 31.2 Å². The summed E-state index contributed by atoms with van der Waals surface area (Å²) in [5.74, 6) is -1.80. The highest BCUT2D eigenvalue weighted by molar-refractivity contribution is 5.96. The summed E-state index contributed by atoms with van der Waals surface area (Å²) in [5, 5.41) is 11.4. The zero-order chi connectivity index (χ0) is 13.7. The highest BCUT2D eigenvalue weighted by Crippen LogP contribution is 2.20. The maximum absolute atomic E-state index is 13.1. The molecule has 0 saturated heterocycles. The van der Waals surface area contributed by atoms with E-state index in [0.717, 1.165) is 0 Å². The summed E-state index contributed by atoms with van der Waals surface area (Å²) >= 11 is 0. The number of rotatable bonds is 4. The molecule has 96 valence electrons. The number of hydrogen-bond donors (Lipinski definition) is 2. The molecule has 0 aliphatic rings. The van der Waals surface area contributed by atoms with Gasteiger partial charge in [-0.3, -0.25) is 4.79 Å². The largest absolute Gasteiger partial charge is 0.478 e. The van der Waals surface area contributed by atoms with E-state index in [-0.39, 0.29) is 11.5 Å². The number of benzene rings is 1. The van der Waals surface area contributed by atoms with Gasteiger partial charge in [0.2, 0.25) is 5.91 Å². The van der Waals surface area contributed by atoms with Gasteiger partial charge in [-0.1, -0.05) is 6.92 Å². The highest BCUT2D eigenvalue weighted by atomic mass is 19.1. The molecule has 2 N–H and O–H groups in total. The third-order valence-electron chi connectivity index (χ3n) is 2.32. The van der Waals surface area contributed by atoms with Crippen LogP contribution in [0.2, 0.25) is 0 Å². The van der Waals surface area contributed by atoms with Crippen LogP contribution in [0, 0.1) is 5.82 Å². The van der Waals surface area contributed by atoms with Gasteiger partial charge in [-0.15, -0.1) is 0 Å². The number of halogens is 1. The second-order valence-electron chi connectivity index (χ2n) is 3.77. The zero-order valence-electron chi connectivity index (χ0n) is 10.2. The summed E-state index contributed by atoms with van der Waals surface area (Å²) in [6.07, 6.45) is 1.61. The molecular formula is C13H14FNO3. The minimum Gasteiger partial charge on any atom is -0.478 e. The SMILES string of the molecule is CCC(=O)Nc1ccc(F)cc1C=C(C)C(=O)O. The lowest BCUT2D eigenvalue weighted by molar-refractivity contribution is -0.132. The molecule has 0 bridgehead atoms. The molecule has 0 unspecified atom stereocenters. The molecule has 1 amide bonds. The van der Waals surface area contributed by atoms with E-state index in [4.69, 9.17) is 5.11 Å². The van der Waals surface area contributed by atoms with Crippen LogP contribution in [0.3, 0.4) is 0 Å². The van der Waals surface area contributed by atoms with Crippen LogP contribution in [0.5, 0.6) is 0 Å². The van der Waals surface area contributed by atoms with Crippen molar-refractivity contribution in [1.29, 1.82) is 0 Å². The van der Waals surface area contributed by atoms with Crippen molar-refractivity contribution < 1.29 is 19.1 Å². The summed E-state index contributed by atoms with van der Waals surface area (Å²) in [6, 6.07) is 3.79. The number of aliphatic carboxylic acids is 1. The first kappa shape index (κ1) is 13.9. The van der Waals surface area contributed by atoms with Gasteiger partial charge in [-0.25, -0.2) is 9.18 Å². The Balaban J connectivity index is 3.15. The molecule has 0 saturated carbocycles. The Labute approximate surface area is 104 Å². The van der Waals surface area contributed by atoms with Crippen molar-refractivity contribution in [2.24, 2.45) is 0 Å². The normalized spacial score (nSPS) is 11.2. The number of hydrogen-bond acceptors (Lipinski definition) is 2. The number of anilines is 1. The summed E-state index contributed by atoms with van der Waals surface area (Å²) in [5.41, 5.74) is 0.785. The van der Waals surface area contributed by atoms with Crippen LogP contribution in [0.15, 0.2) is 23.8 Å². The summed E-state index contributed by atoms with van der Waals surface area (Å²) in [4.78, 5) is 22.0.